The van der Waals surface area contributed by atoms with Crippen LogP contribution in [0.15, 0.2) is 58.5 Å². The second-order valence-corrected chi connectivity index (χ2v) is 9.32. The van der Waals surface area contributed by atoms with Crippen LogP contribution in [0.5, 0.6) is 5.75 Å². The molecule has 0 aliphatic heterocycles. The molecule has 7 nitrogen and oxygen atoms in total. The first-order valence-electron chi connectivity index (χ1n) is 8.93. The van der Waals surface area contributed by atoms with E-state index in [1.165, 1.54) is 11.3 Å². The van der Waals surface area contributed by atoms with Crippen LogP contribution in [0.25, 0.3) is 16.0 Å². The molecule has 0 fully saturated rings. The van der Waals surface area contributed by atoms with E-state index in [4.69, 9.17) is 28.6 Å². The van der Waals surface area contributed by atoms with Gasteiger partial charge in [-0.2, -0.15) is 0 Å². The van der Waals surface area contributed by atoms with Gasteiger partial charge in [0.1, 0.15) is 10.4 Å². The molecule has 0 atom stereocenters. The van der Waals surface area contributed by atoms with E-state index in [1.54, 1.807) is 35.9 Å². The molecular weight excluding hydrogens is 476 g/mol. The number of hydrogen-bond acceptors (Lipinski definition) is 7. The molecule has 31 heavy (non-hydrogen) atoms. The highest BCUT2D eigenvalue weighted by atomic mass is 35.5. The minimum Gasteiger partial charge on any atom is -0.497 e. The number of ether oxygens (including phenoxy) is 1. The molecule has 2 N–H and O–H groups in total. The maximum absolute atomic E-state index is 12.6. The number of carbonyl (C=O) groups is 1. The number of rotatable bonds is 6. The number of thiazole rings is 1. The summed E-state index contributed by atoms with van der Waals surface area (Å²) in [5.41, 5.74) is 1.47. The van der Waals surface area contributed by atoms with Crippen LogP contribution >= 0.6 is 46.9 Å². The van der Waals surface area contributed by atoms with E-state index in [9.17, 15) is 9.59 Å². The maximum atomic E-state index is 12.6. The van der Waals surface area contributed by atoms with Crippen LogP contribution in [-0.2, 0) is 4.79 Å². The number of nitrogens with zero attached hydrogens (tertiary/aromatic N) is 2. The number of thioether (sulfide) groups is 1. The Morgan fingerprint density at radius 3 is 2.90 bits per heavy atom. The molecule has 1 amide bonds. The fraction of sp³-hybridized carbons (Fsp3) is 0.100. The number of fused-ring (bicyclic) bond motifs is 1. The molecule has 4 rings (SSSR count). The maximum Gasteiger partial charge on any atom is 0.271 e. The standard InChI is InChI=1S/C20H15ClN4O3S3/c1-28-14-7-3-6-13(9-14)25-17-16(31-20(25)29)18(27)24-19(23-17)30-10-15(26)22-12-5-2-4-11(21)8-12/h2-9H,10H2,1H3,(H,22,26)(H,23,24,27). The molecule has 0 saturated heterocycles. The molecule has 0 aliphatic carbocycles. The summed E-state index contributed by atoms with van der Waals surface area (Å²) in [6.07, 6.45) is 0. The van der Waals surface area contributed by atoms with Gasteiger partial charge >= 0.3 is 0 Å². The molecule has 0 saturated carbocycles. The predicted molar refractivity (Wildman–Crippen MR) is 128 cm³/mol. The van der Waals surface area contributed by atoms with Crippen LogP contribution in [-0.4, -0.2) is 33.3 Å². The summed E-state index contributed by atoms with van der Waals surface area (Å²) in [6, 6.07) is 14.2. The highest BCUT2D eigenvalue weighted by Crippen LogP contribution is 2.26. The van der Waals surface area contributed by atoms with Crippen molar-refractivity contribution in [1.29, 1.82) is 0 Å². The Morgan fingerprint density at radius 2 is 2.13 bits per heavy atom. The molecule has 2 aromatic carbocycles. The molecular formula is C20H15ClN4O3S3. The topological polar surface area (TPSA) is 89.0 Å². The van der Waals surface area contributed by atoms with Crippen LogP contribution < -0.4 is 15.6 Å². The van der Waals surface area contributed by atoms with Gasteiger partial charge in [-0.25, -0.2) is 4.98 Å². The Bertz CT molecular complexity index is 1400. The summed E-state index contributed by atoms with van der Waals surface area (Å²) in [7, 11) is 1.58. The van der Waals surface area contributed by atoms with E-state index in [0.29, 0.717) is 35.9 Å². The van der Waals surface area contributed by atoms with Crippen molar-refractivity contribution >= 4 is 68.9 Å². The van der Waals surface area contributed by atoms with Crippen molar-refractivity contribution in [3.8, 4) is 11.4 Å². The number of anilines is 1. The van der Waals surface area contributed by atoms with E-state index < -0.39 is 0 Å². The molecule has 2 aromatic heterocycles. The molecule has 0 spiro atoms. The van der Waals surface area contributed by atoms with E-state index >= 15 is 0 Å². The number of hydrogen-bond donors (Lipinski definition) is 2. The average molecular weight is 491 g/mol. The van der Waals surface area contributed by atoms with Crippen molar-refractivity contribution < 1.29 is 9.53 Å². The first-order chi connectivity index (χ1) is 14.9. The minimum atomic E-state index is -0.305. The predicted octanol–water partition coefficient (Wildman–Crippen LogP) is 4.90. The summed E-state index contributed by atoms with van der Waals surface area (Å²) in [4.78, 5) is 32.1. The lowest BCUT2D eigenvalue weighted by Crippen LogP contribution is -2.15. The first-order valence-corrected chi connectivity index (χ1v) is 11.5. The Kier molecular flexibility index (Phi) is 6.42. The van der Waals surface area contributed by atoms with Crippen molar-refractivity contribution in [1.82, 2.24) is 14.5 Å². The van der Waals surface area contributed by atoms with Gasteiger partial charge in [0.15, 0.2) is 14.8 Å². The van der Waals surface area contributed by atoms with Gasteiger partial charge in [0, 0.05) is 16.8 Å². The van der Waals surface area contributed by atoms with Gasteiger partial charge in [-0.3, -0.25) is 14.2 Å². The lowest BCUT2D eigenvalue weighted by Gasteiger charge is -2.08. The molecule has 0 unspecified atom stereocenters. The molecule has 4 aromatic rings. The summed E-state index contributed by atoms with van der Waals surface area (Å²) in [5.74, 6) is 0.478. The minimum absolute atomic E-state index is 0.0605. The number of H-pyrrole nitrogens is 1. The smallest absolute Gasteiger partial charge is 0.271 e. The largest absolute Gasteiger partial charge is 0.497 e. The van der Waals surface area contributed by atoms with Gasteiger partial charge in [0.05, 0.1) is 18.6 Å². The lowest BCUT2D eigenvalue weighted by atomic mass is 10.3. The van der Waals surface area contributed by atoms with Gasteiger partial charge in [-0.15, -0.1) is 0 Å². The molecule has 0 bridgehead atoms. The van der Waals surface area contributed by atoms with E-state index in [-0.39, 0.29) is 17.2 Å². The number of amides is 1. The molecule has 0 radical (unpaired) electrons. The zero-order valence-corrected chi connectivity index (χ0v) is 19.3. The monoisotopic (exact) mass is 490 g/mol. The number of aromatic amines is 1. The third-order valence-electron chi connectivity index (χ3n) is 4.18. The van der Waals surface area contributed by atoms with E-state index in [2.05, 4.69) is 15.3 Å². The van der Waals surface area contributed by atoms with Crippen molar-refractivity contribution in [2.75, 3.05) is 18.2 Å². The van der Waals surface area contributed by atoms with Gasteiger partial charge in [-0.05, 0) is 42.5 Å². The number of methoxy groups -OCH3 is 1. The average Bonchev–Trinajstić information content (AvgIpc) is 3.09. The van der Waals surface area contributed by atoms with Crippen LogP contribution in [0.4, 0.5) is 5.69 Å². The van der Waals surface area contributed by atoms with Crippen molar-refractivity contribution in [3.63, 3.8) is 0 Å². The first kappa shape index (κ1) is 21.6. The molecule has 158 valence electrons. The molecule has 11 heteroatoms. The van der Waals surface area contributed by atoms with Crippen LogP contribution in [0.2, 0.25) is 5.02 Å². The SMILES string of the molecule is COc1cccc(-n2c(=S)sc3c(=O)[nH]c(SCC(=O)Nc4cccc(Cl)c4)nc32)c1. The fourth-order valence-electron chi connectivity index (χ4n) is 2.84. The zero-order valence-electron chi connectivity index (χ0n) is 16.0. The Balaban J connectivity index is 1.61. The number of benzene rings is 2. The van der Waals surface area contributed by atoms with Crippen molar-refractivity contribution in [3.05, 3.63) is 67.9 Å². The Hall–Kier alpha value is -2.66. The second-order valence-electron chi connectivity index (χ2n) is 6.28. The highest BCUT2D eigenvalue weighted by Gasteiger charge is 2.15. The van der Waals surface area contributed by atoms with E-state index in [1.807, 2.05) is 24.3 Å². The highest BCUT2D eigenvalue weighted by molar-refractivity contribution is 7.99. The van der Waals surface area contributed by atoms with Crippen LogP contribution in [0, 0.1) is 3.95 Å². The second kappa shape index (κ2) is 9.23. The van der Waals surface area contributed by atoms with Gasteiger partial charge < -0.3 is 15.0 Å². The molecule has 0 aliphatic rings. The van der Waals surface area contributed by atoms with E-state index in [0.717, 1.165) is 17.4 Å². The quantitative estimate of drug-likeness (QED) is 0.227. The van der Waals surface area contributed by atoms with Crippen LogP contribution in [0.1, 0.15) is 0 Å². The molecule has 2 heterocycles. The zero-order chi connectivity index (χ0) is 22.0. The number of nitrogens with one attached hydrogen (secondary N) is 2. The third kappa shape index (κ3) is 4.82. The van der Waals surface area contributed by atoms with Crippen molar-refractivity contribution in [2.45, 2.75) is 5.16 Å². The Morgan fingerprint density at radius 1 is 1.32 bits per heavy atom. The number of halogens is 1. The number of carbonyl (C=O) groups excluding carboxylic acids is 1. The normalized spacial score (nSPS) is 10.9. The summed E-state index contributed by atoms with van der Waals surface area (Å²) >= 11 is 13.7. The van der Waals surface area contributed by atoms with Crippen LogP contribution in [0.3, 0.4) is 0 Å². The van der Waals surface area contributed by atoms with Gasteiger partial charge in [0.25, 0.3) is 5.56 Å². The lowest BCUT2D eigenvalue weighted by molar-refractivity contribution is -0.113. The number of aromatic nitrogens is 3. The Labute approximate surface area is 195 Å². The summed E-state index contributed by atoms with van der Waals surface area (Å²) < 4.78 is 7.91. The summed E-state index contributed by atoms with van der Waals surface area (Å²) in [5, 5.41) is 3.61. The summed E-state index contributed by atoms with van der Waals surface area (Å²) in [6.45, 7) is 0. The van der Waals surface area contributed by atoms with Crippen molar-refractivity contribution in [2.24, 2.45) is 0 Å². The van der Waals surface area contributed by atoms with Gasteiger partial charge in [0.2, 0.25) is 5.91 Å². The van der Waals surface area contributed by atoms with Gasteiger partial charge in [-0.1, -0.05) is 46.8 Å². The third-order valence-corrected chi connectivity index (χ3v) is 6.65. The fourth-order valence-corrected chi connectivity index (χ4v) is 4.95.